The van der Waals surface area contributed by atoms with Crippen LogP contribution >= 0.6 is 15.9 Å². The summed E-state index contributed by atoms with van der Waals surface area (Å²) in [5, 5.41) is 0. The third kappa shape index (κ3) is 4.97. The van der Waals surface area contributed by atoms with E-state index in [-0.39, 0.29) is 5.78 Å². The molecule has 0 aliphatic carbocycles. The van der Waals surface area contributed by atoms with Gasteiger partial charge in [0.15, 0.2) is 16.2 Å². The Bertz CT molecular complexity index is 317. The second kappa shape index (κ2) is 7.66. The van der Waals surface area contributed by atoms with Gasteiger partial charge in [-0.15, -0.1) is 0 Å². The molecule has 90 valence electrons. The van der Waals surface area contributed by atoms with Crippen molar-refractivity contribution in [2.45, 2.75) is 51.9 Å². The molecule has 1 heterocycles. The zero-order valence-electron chi connectivity index (χ0n) is 9.80. The Balaban J connectivity index is 2.11. The minimum atomic E-state index is 0.112. The largest absolute Gasteiger partial charge is 0.446 e. The van der Waals surface area contributed by atoms with Crippen LogP contribution in [0.25, 0.3) is 0 Å². The number of rotatable bonds is 8. The number of halogens is 1. The number of carbonyl (C=O) groups excluding carboxylic acids is 1. The molecule has 1 aromatic rings. The predicted octanol–water partition coefficient (Wildman–Crippen LogP) is 4.98. The van der Waals surface area contributed by atoms with E-state index in [1.54, 1.807) is 12.1 Å². The van der Waals surface area contributed by atoms with Crippen LogP contribution in [0.5, 0.6) is 0 Å². The highest BCUT2D eigenvalue weighted by molar-refractivity contribution is 9.10. The lowest BCUT2D eigenvalue weighted by Gasteiger charge is -1.99. The Morgan fingerprint density at radius 1 is 1.19 bits per heavy atom. The first-order valence-corrected chi connectivity index (χ1v) is 6.82. The Labute approximate surface area is 106 Å². The molecule has 2 nitrogen and oxygen atoms in total. The van der Waals surface area contributed by atoms with Crippen molar-refractivity contribution in [1.82, 2.24) is 0 Å². The first-order chi connectivity index (χ1) is 7.74. The predicted molar refractivity (Wildman–Crippen MR) is 68.7 cm³/mol. The van der Waals surface area contributed by atoms with Gasteiger partial charge in [0.05, 0.1) is 0 Å². The van der Waals surface area contributed by atoms with Gasteiger partial charge >= 0.3 is 0 Å². The van der Waals surface area contributed by atoms with Gasteiger partial charge < -0.3 is 4.42 Å². The van der Waals surface area contributed by atoms with Crippen molar-refractivity contribution >= 4 is 21.7 Å². The van der Waals surface area contributed by atoms with Gasteiger partial charge in [-0.3, -0.25) is 4.79 Å². The Hall–Kier alpha value is -0.570. The van der Waals surface area contributed by atoms with Crippen LogP contribution in [0.15, 0.2) is 21.2 Å². The van der Waals surface area contributed by atoms with Gasteiger partial charge in [0, 0.05) is 6.42 Å². The number of unbranched alkanes of at least 4 members (excludes halogenated alkanes) is 5. The van der Waals surface area contributed by atoms with Crippen molar-refractivity contribution in [2.24, 2.45) is 0 Å². The van der Waals surface area contributed by atoms with Crippen LogP contribution in [0.2, 0.25) is 0 Å². The molecule has 1 rings (SSSR count). The monoisotopic (exact) mass is 286 g/mol. The molecule has 0 atom stereocenters. The molecule has 3 heteroatoms. The summed E-state index contributed by atoms with van der Waals surface area (Å²) in [6, 6.07) is 3.48. The minimum Gasteiger partial charge on any atom is -0.446 e. The summed E-state index contributed by atoms with van der Waals surface area (Å²) in [6.45, 7) is 2.21. The quantitative estimate of drug-likeness (QED) is 0.499. The maximum atomic E-state index is 11.6. The number of Topliss-reactive ketones (excluding diaryl/α,β-unsaturated/α-hetero) is 1. The molecule has 0 N–H and O–H groups in total. The average molecular weight is 287 g/mol. The molecule has 0 radical (unpaired) electrons. The number of furan rings is 1. The van der Waals surface area contributed by atoms with Crippen molar-refractivity contribution in [3.8, 4) is 0 Å². The lowest BCUT2D eigenvalue weighted by atomic mass is 10.1. The molecule has 0 aromatic carbocycles. The summed E-state index contributed by atoms with van der Waals surface area (Å²) in [6.07, 6.45) is 7.82. The lowest BCUT2D eigenvalue weighted by Crippen LogP contribution is -1.96. The molecule has 0 saturated carbocycles. The van der Waals surface area contributed by atoms with Gasteiger partial charge in [0.2, 0.25) is 0 Å². The summed E-state index contributed by atoms with van der Waals surface area (Å²) in [4.78, 5) is 11.6. The summed E-state index contributed by atoms with van der Waals surface area (Å²) >= 11 is 3.19. The van der Waals surface area contributed by atoms with Gasteiger partial charge in [0.1, 0.15) is 0 Å². The molecular formula is C13H19BrO2. The molecular weight excluding hydrogens is 268 g/mol. The number of ketones is 1. The van der Waals surface area contributed by atoms with Crippen molar-refractivity contribution < 1.29 is 9.21 Å². The highest BCUT2D eigenvalue weighted by Crippen LogP contribution is 2.17. The van der Waals surface area contributed by atoms with Crippen molar-refractivity contribution in [3.05, 3.63) is 22.6 Å². The second-order valence-corrected chi connectivity index (χ2v) is 4.83. The summed E-state index contributed by atoms with van der Waals surface area (Å²) < 4.78 is 5.83. The van der Waals surface area contributed by atoms with Crippen LogP contribution in [0.4, 0.5) is 0 Å². The first kappa shape index (κ1) is 13.5. The zero-order chi connectivity index (χ0) is 11.8. The molecule has 0 aliphatic rings. The Morgan fingerprint density at radius 2 is 1.88 bits per heavy atom. The molecule has 0 aliphatic heterocycles. The van der Waals surface area contributed by atoms with E-state index in [1.807, 2.05) is 0 Å². The fourth-order valence-corrected chi connectivity index (χ4v) is 1.96. The fraction of sp³-hybridized carbons (Fsp3) is 0.615. The van der Waals surface area contributed by atoms with Gasteiger partial charge in [-0.25, -0.2) is 0 Å². The molecule has 0 spiro atoms. The van der Waals surface area contributed by atoms with E-state index in [4.69, 9.17) is 4.42 Å². The zero-order valence-corrected chi connectivity index (χ0v) is 11.4. The van der Waals surface area contributed by atoms with Crippen LogP contribution in [0.1, 0.15) is 62.4 Å². The second-order valence-electron chi connectivity index (χ2n) is 4.04. The van der Waals surface area contributed by atoms with Gasteiger partial charge in [-0.2, -0.15) is 0 Å². The van der Waals surface area contributed by atoms with E-state index in [0.717, 1.165) is 12.8 Å². The molecule has 1 aromatic heterocycles. The van der Waals surface area contributed by atoms with Gasteiger partial charge in [0.25, 0.3) is 0 Å². The summed E-state index contributed by atoms with van der Waals surface area (Å²) in [5.74, 6) is 0.585. The standard InChI is InChI=1S/C13H19BrO2/c1-2-3-4-5-6-7-8-11(15)12-9-10-13(14)16-12/h9-10H,2-8H2,1H3. The molecule has 0 saturated heterocycles. The molecule has 0 unspecified atom stereocenters. The normalized spacial score (nSPS) is 10.6. The van der Waals surface area contributed by atoms with Crippen molar-refractivity contribution in [2.75, 3.05) is 0 Å². The SMILES string of the molecule is CCCCCCCCC(=O)c1ccc(Br)o1. The van der Waals surface area contributed by atoms with E-state index in [9.17, 15) is 4.79 Å². The smallest absolute Gasteiger partial charge is 0.198 e. The number of hydrogen-bond acceptors (Lipinski definition) is 2. The van der Waals surface area contributed by atoms with Crippen LogP contribution in [-0.4, -0.2) is 5.78 Å². The molecule has 16 heavy (non-hydrogen) atoms. The number of carbonyl (C=O) groups is 1. The topological polar surface area (TPSA) is 30.2 Å². The van der Waals surface area contributed by atoms with Crippen molar-refractivity contribution in [1.29, 1.82) is 0 Å². The lowest BCUT2D eigenvalue weighted by molar-refractivity contribution is 0.0951. The maximum absolute atomic E-state index is 11.6. The molecule has 0 fully saturated rings. The van der Waals surface area contributed by atoms with Crippen LogP contribution < -0.4 is 0 Å². The average Bonchev–Trinajstić information content (AvgIpc) is 2.70. The highest BCUT2D eigenvalue weighted by Gasteiger charge is 2.09. The van der Waals surface area contributed by atoms with Crippen molar-refractivity contribution in [3.63, 3.8) is 0 Å². The van der Waals surface area contributed by atoms with E-state index >= 15 is 0 Å². The van der Waals surface area contributed by atoms with E-state index in [0.29, 0.717) is 16.9 Å². The molecule has 0 amide bonds. The summed E-state index contributed by atoms with van der Waals surface area (Å²) in [5.41, 5.74) is 0. The Morgan fingerprint density at radius 3 is 2.50 bits per heavy atom. The van der Waals surface area contributed by atoms with E-state index in [2.05, 4.69) is 22.9 Å². The molecule has 0 bridgehead atoms. The van der Waals surface area contributed by atoms with E-state index in [1.165, 1.54) is 25.7 Å². The minimum absolute atomic E-state index is 0.112. The van der Waals surface area contributed by atoms with Crippen LogP contribution in [0, 0.1) is 0 Å². The third-order valence-electron chi connectivity index (χ3n) is 2.61. The highest BCUT2D eigenvalue weighted by atomic mass is 79.9. The maximum Gasteiger partial charge on any atom is 0.198 e. The number of hydrogen-bond donors (Lipinski definition) is 0. The van der Waals surface area contributed by atoms with Crippen LogP contribution in [0.3, 0.4) is 0 Å². The Kier molecular flexibility index (Phi) is 6.46. The van der Waals surface area contributed by atoms with Gasteiger partial charge in [-0.1, -0.05) is 39.0 Å². The van der Waals surface area contributed by atoms with E-state index < -0.39 is 0 Å². The third-order valence-corrected chi connectivity index (χ3v) is 3.03. The van der Waals surface area contributed by atoms with Gasteiger partial charge in [-0.05, 0) is 34.5 Å². The van der Waals surface area contributed by atoms with Crippen LogP contribution in [-0.2, 0) is 0 Å². The fourth-order valence-electron chi connectivity index (χ4n) is 1.65. The first-order valence-electron chi connectivity index (χ1n) is 6.02. The summed E-state index contributed by atoms with van der Waals surface area (Å²) in [7, 11) is 0.